The monoisotopic (exact) mass is 290 g/mol. The molecular formula is C16H22N2O3. The first kappa shape index (κ1) is 15.4. The minimum atomic E-state index is -0.955. The Hall–Kier alpha value is -2.04. The Morgan fingerprint density at radius 3 is 2.38 bits per heavy atom. The molecule has 0 unspecified atom stereocenters. The van der Waals surface area contributed by atoms with Crippen molar-refractivity contribution in [1.82, 2.24) is 4.90 Å². The van der Waals surface area contributed by atoms with E-state index in [1.807, 2.05) is 4.90 Å². The van der Waals surface area contributed by atoms with E-state index in [0.717, 1.165) is 25.9 Å². The van der Waals surface area contributed by atoms with Gasteiger partial charge in [-0.15, -0.1) is 0 Å². The van der Waals surface area contributed by atoms with Gasteiger partial charge in [0.25, 0.3) is 0 Å². The average Bonchev–Trinajstić information content (AvgIpc) is 2.38. The average molecular weight is 290 g/mol. The van der Waals surface area contributed by atoms with Crippen LogP contribution in [-0.4, -0.2) is 35.1 Å². The minimum Gasteiger partial charge on any atom is -0.478 e. The molecule has 1 aromatic rings. The fourth-order valence-electron chi connectivity index (χ4n) is 2.50. The number of nitrogens with one attached hydrogen (secondary N) is 1. The topological polar surface area (TPSA) is 69.6 Å². The minimum absolute atomic E-state index is 0.118. The van der Waals surface area contributed by atoms with Crippen molar-refractivity contribution in [3.8, 4) is 0 Å². The number of likely N-dealkylation sites (tertiary alicyclic amines) is 1. The molecule has 0 atom stereocenters. The van der Waals surface area contributed by atoms with E-state index in [9.17, 15) is 9.59 Å². The van der Waals surface area contributed by atoms with Crippen molar-refractivity contribution < 1.29 is 14.7 Å². The van der Waals surface area contributed by atoms with Gasteiger partial charge in [-0.25, -0.2) is 9.59 Å². The van der Waals surface area contributed by atoms with E-state index in [2.05, 4.69) is 19.2 Å². The van der Waals surface area contributed by atoms with Crippen LogP contribution in [0.15, 0.2) is 18.2 Å². The SMILES string of the molecule is Cc1cc(NC(=O)N2CCC(C)(C)CC2)ccc1C(=O)O. The number of urea groups is 1. The molecule has 1 saturated heterocycles. The Morgan fingerprint density at radius 1 is 1.24 bits per heavy atom. The maximum absolute atomic E-state index is 12.2. The number of hydrogen-bond acceptors (Lipinski definition) is 2. The first-order valence-electron chi connectivity index (χ1n) is 7.18. The molecule has 5 heteroatoms. The predicted octanol–water partition coefficient (Wildman–Crippen LogP) is 3.35. The lowest BCUT2D eigenvalue weighted by atomic mass is 9.83. The van der Waals surface area contributed by atoms with Crippen LogP contribution < -0.4 is 5.32 Å². The van der Waals surface area contributed by atoms with Crippen LogP contribution in [0, 0.1) is 12.3 Å². The number of carboxylic acids is 1. The summed E-state index contributed by atoms with van der Waals surface area (Å²) in [6.45, 7) is 7.67. The second kappa shape index (κ2) is 5.76. The van der Waals surface area contributed by atoms with Gasteiger partial charge in [-0.05, 0) is 48.9 Å². The molecule has 1 fully saturated rings. The first-order chi connectivity index (χ1) is 9.78. The van der Waals surface area contributed by atoms with Crippen molar-refractivity contribution in [2.75, 3.05) is 18.4 Å². The maximum atomic E-state index is 12.2. The fourth-order valence-corrected chi connectivity index (χ4v) is 2.50. The zero-order chi connectivity index (χ0) is 15.6. The lowest BCUT2D eigenvalue weighted by Gasteiger charge is -2.36. The summed E-state index contributed by atoms with van der Waals surface area (Å²) in [4.78, 5) is 25.0. The molecular weight excluding hydrogens is 268 g/mol. The van der Waals surface area contributed by atoms with Crippen molar-refractivity contribution in [3.05, 3.63) is 29.3 Å². The van der Waals surface area contributed by atoms with Crippen molar-refractivity contribution in [2.24, 2.45) is 5.41 Å². The normalized spacial score (nSPS) is 17.4. The number of aryl methyl sites for hydroxylation is 1. The summed E-state index contributed by atoms with van der Waals surface area (Å²) in [6, 6.07) is 4.72. The molecule has 0 aliphatic carbocycles. The van der Waals surface area contributed by atoms with Gasteiger partial charge in [-0.2, -0.15) is 0 Å². The highest BCUT2D eigenvalue weighted by Crippen LogP contribution is 2.30. The Balaban J connectivity index is 2.00. The van der Waals surface area contributed by atoms with Gasteiger partial charge in [0, 0.05) is 18.8 Å². The third kappa shape index (κ3) is 3.74. The first-order valence-corrected chi connectivity index (χ1v) is 7.18. The van der Waals surface area contributed by atoms with E-state index in [4.69, 9.17) is 5.11 Å². The zero-order valence-corrected chi connectivity index (χ0v) is 12.8. The lowest BCUT2D eigenvalue weighted by Crippen LogP contribution is -2.43. The highest BCUT2D eigenvalue weighted by atomic mass is 16.4. The van der Waals surface area contributed by atoms with Crippen LogP contribution in [0.5, 0.6) is 0 Å². The number of amides is 2. The third-order valence-electron chi connectivity index (χ3n) is 4.11. The van der Waals surface area contributed by atoms with Gasteiger partial charge < -0.3 is 15.3 Å². The van der Waals surface area contributed by atoms with Gasteiger partial charge in [0.2, 0.25) is 0 Å². The Labute approximate surface area is 125 Å². The van der Waals surface area contributed by atoms with Gasteiger partial charge in [0.1, 0.15) is 0 Å². The van der Waals surface area contributed by atoms with E-state index >= 15 is 0 Å². The molecule has 1 heterocycles. The summed E-state index contributed by atoms with van der Waals surface area (Å²) < 4.78 is 0. The summed E-state index contributed by atoms with van der Waals surface area (Å²) >= 11 is 0. The number of carbonyl (C=O) groups excluding carboxylic acids is 1. The van der Waals surface area contributed by atoms with E-state index in [0.29, 0.717) is 16.7 Å². The molecule has 0 bridgehead atoms. The lowest BCUT2D eigenvalue weighted by molar-refractivity contribution is 0.0696. The molecule has 0 saturated carbocycles. The van der Waals surface area contributed by atoms with Gasteiger partial charge in [0.05, 0.1) is 5.56 Å². The Morgan fingerprint density at radius 2 is 1.86 bits per heavy atom. The van der Waals surface area contributed by atoms with Crippen molar-refractivity contribution >= 4 is 17.7 Å². The molecule has 114 valence electrons. The predicted molar refractivity (Wildman–Crippen MR) is 81.7 cm³/mol. The molecule has 0 radical (unpaired) electrons. The van der Waals surface area contributed by atoms with Crippen LogP contribution in [0.2, 0.25) is 0 Å². The highest BCUT2D eigenvalue weighted by Gasteiger charge is 2.27. The Kier molecular flexibility index (Phi) is 4.21. The number of rotatable bonds is 2. The molecule has 0 spiro atoms. The zero-order valence-electron chi connectivity index (χ0n) is 12.8. The van der Waals surface area contributed by atoms with Crippen LogP contribution in [0.25, 0.3) is 0 Å². The molecule has 1 aliphatic heterocycles. The maximum Gasteiger partial charge on any atom is 0.335 e. The number of piperidine rings is 1. The molecule has 2 N–H and O–H groups in total. The van der Waals surface area contributed by atoms with E-state index in [-0.39, 0.29) is 11.6 Å². The number of carbonyl (C=O) groups is 2. The number of benzene rings is 1. The second-order valence-electron chi connectivity index (χ2n) is 6.42. The van der Waals surface area contributed by atoms with Crippen molar-refractivity contribution in [2.45, 2.75) is 33.6 Å². The largest absolute Gasteiger partial charge is 0.478 e. The smallest absolute Gasteiger partial charge is 0.335 e. The van der Waals surface area contributed by atoms with Gasteiger partial charge in [0.15, 0.2) is 0 Å². The number of nitrogens with zero attached hydrogens (tertiary/aromatic N) is 1. The van der Waals surface area contributed by atoms with Gasteiger partial charge in [-0.3, -0.25) is 0 Å². The highest BCUT2D eigenvalue weighted by molar-refractivity contribution is 5.92. The van der Waals surface area contributed by atoms with E-state index in [1.54, 1.807) is 19.1 Å². The number of anilines is 1. The quantitative estimate of drug-likeness (QED) is 0.877. The van der Waals surface area contributed by atoms with Crippen LogP contribution in [0.4, 0.5) is 10.5 Å². The van der Waals surface area contributed by atoms with E-state index in [1.165, 1.54) is 6.07 Å². The molecule has 1 aliphatic rings. The summed E-state index contributed by atoms with van der Waals surface area (Å²) in [5.41, 5.74) is 1.83. The summed E-state index contributed by atoms with van der Waals surface area (Å²) in [7, 11) is 0. The Bertz CT molecular complexity index is 557. The van der Waals surface area contributed by atoms with Crippen LogP contribution in [0.3, 0.4) is 0 Å². The molecule has 5 nitrogen and oxygen atoms in total. The van der Waals surface area contributed by atoms with Gasteiger partial charge in [-0.1, -0.05) is 13.8 Å². The van der Waals surface area contributed by atoms with Gasteiger partial charge >= 0.3 is 12.0 Å². The number of aromatic carboxylic acids is 1. The van der Waals surface area contributed by atoms with Crippen LogP contribution >= 0.6 is 0 Å². The molecule has 2 rings (SSSR count). The molecule has 21 heavy (non-hydrogen) atoms. The van der Waals surface area contributed by atoms with Crippen molar-refractivity contribution in [3.63, 3.8) is 0 Å². The molecule has 0 aromatic heterocycles. The molecule has 2 amide bonds. The third-order valence-corrected chi connectivity index (χ3v) is 4.11. The van der Waals surface area contributed by atoms with Crippen LogP contribution in [-0.2, 0) is 0 Å². The van der Waals surface area contributed by atoms with Crippen molar-refractivity contribution in [1.29, 1.82) is 0 Å². The molecule has 1 aromatic carbocycles. The summed E-state index contributed by atoms with van der Waals surface area (Å²) in [6.07, 6.45) is 1.99. The number of carboxylic acid groups (broad SMARTS) is 1. The summed E-state index contributed by atoms with van der Waals surface area (Å²) in [5, 5.41) is 11.8. The van der Waals surface area contributed by atoms with Crippen LogP contribution in [0.1, 0.15) is 42.6 Å². The fraction of sp³-hybridized carbons (Fsp3) is 0.500. The second-order valence-corrected chi connectivity index (χ2v) is 6.42. The summed E-state index contributed by atoms with van der Waals surface area (Å²) in [5.74, 6) is -0.955. The number of hydrogen-bond donors (Lipinski definition) is 2. The van der Waals surface area contributed by atoms with E-state index < -0.39 is 5.97 Å². The standard InChI is InChI=1S/C16H22N2O3/c1-11-10-12(4-5-13(11)14(19)20)17-15(21)18-8-6-16(2,3)7-9-18/h4-5,10H,6-9H2,1-3H3,(H,17,21)(H,19,20).